The highest BCUT2D eigenvalue weighted by Crippen LogP contribution is 2.29. The molecule has 1 heterocycles. The predicted molar refractivity (Wildman–Crippen MR) is 79.8 cm³/mol. The van der Waals surface area contributed by atoms with E-state index in [0.29, 0.717) is 17.8 Å². The van der Waals surface area contributed by atoms with Gasteiger partial charge in [-0.15, -0.1) is 0 Å². The lowest BCUT2D eigenvalue weighted by molar-refractivity contribution is -0.122. The van der Waals surface area contributed by atoms with Crippen LogP contribution in [0.5, 0.6) is 0 Å². The first-order valence-corrected chi connectivity index (χ1v) is 7.07. The van der Waals surface area contributed by atoms with E-state index in [4.69, 9.17) is 0 Å². The Kier molecular flexibility index (Phi) is 3.84. The molecule has 0 fully saturated rings. The lowest BCUT2D eigenvalue weighted by Gasteiger charge is -2.32. The van der Waals surface area contributed by atoms with Gasteiger partial charge in [0.2, 0.25) is 5.91 Å². The number of nitrogens with zero attached hydrogens (tertiary/aromatic N) is 1. The first-order valence-electron chi connectivity index (χ1n) is 7.07. The molecule has 20 heavy (non-hydrogen) atoms. The van der Waals surface area contributed by atoms with Gasteiger partial charge >= 0.3 is 0 Å². The van der Waals surface area contributed by atoms with Gasteiger partial charge in [0.25, 0.3) is 5.91 Å². The lowest BCUT2D eigenvalue weighted by atomic mass is 9.86. The maximum absolute atomic E-state index is 12.8. The van der Waals surface area contributed by atoms with Crippen LogP contribution < -0.4 is 10.2 Å². The van der Waals surface area contributed by atoms with Crippen molar-refractivity contribution in [1.29, 1.82) is 0 Å². The number of anilines is 1. The minimum absolute atomic E-state index is 0.0300. The van der Waals surface area contributed by atoms with Gasteiger partial charge in [0, 0.05) is 6.54 Å². The van der Waals surface area contributed by atoms with Crippen molar-refractivity contribution < 1.29 is 9.59 Å². The molecule has 2 amide bonds. The largest absolute Gasteiger partial charge is 0.340 e. The zero-order valence-electron chi connectivity index (χ0n) is 12.6. The summed E-state index contributed by atoms with van der Waals surface area (Å²) < 4.78 is 0. The van der Waals surface area contributed by atoms with Crippen LogP contribution in [0.25, 0.3) is 0 Å². The summed E-state index contributed by atoms with van der Waals surface area (Å²) in [6.07, 6.45) is 0.852. The number of carbonyl (C=O) groups excluding carboxylic acids is 2. The van der Waals surface area contributed by atoms with Gasteiger partial charge in [0.1, 0.15) is 6.04 Å². The van der Waals surface area contributed by atoms with Crippen molar-refractivity contribution in [3.8, 4) is 0 Å². The molecule has 1 aliphatic heterocycles. The van der Waals surface area contributed by atoms with Crippen LogP contribution in [-0.2, 0) is 4.79 Å². The van der Waals surface area contributed by atoms with E-state index in [0.717, 1.165) is 6.42 Å². The summed E-state index contributed by atoms with van der Waals surface area (Å²) in [4.78, 5) is 26.9. The van der Waals surface area contributed by atoms with Gasteiger partial charge < -0.3 is 10.2 Å². The number of rotatable bonds is 2. The molecular weight excluding hydrogens is 252 g/mol. The maximum Gasteiger partial charge on any atom is 0.254 e. The molecule has 0 bridgehead atoms. The van der Waals surface area contributed by atoms with Crippen molar-refractivity contribution in [2.24, 2.45) is 5.41 Å². The van der Waals surface area contributed by atoms with Crippen molar-refractivity contribution >= 4 is 17.5 Å². The molecule has 108 valence electrons. The molecule has 0 saturated heterocycles. The van der Waals surface area contributed by atoms with Crippen LogP contribution in [0, 0.1) is 5.41 Å². The molecule has 1 aliphatic rings. The highest BCUT2D eigenvalue weighted by Gasteiger charge is 2.39. The summed E-state index contributed by atoms with van der Waals surface area (Å²) >= 11 is 0. The number of hydrogen-bond donors (Lipinski definition) is 1. The zero-order chi connectivity index (χ0) is 14.9. The van der Waals surface area contributed by atoms with Gasteiger partial charge in [-0.25, -0.2) is 0 Å². The van der Waals surface area contributed by atoms with E-state index in [2.05, 4.69) is 5.32 Å². The number of para-hydroxylation sites is 1. The predicted octanol–water partition coefficient (Wildman–Crippen LogP) is 2.59. The molecule has 2 rings (SSSR count). The van der Waals surface area contributed by atoms with Crippen molar-refractivity contribution in [3.05, 3.63) is 29.8 Å². The quantitative estimate of drug-likeness (QED) is 0.901. The number of carbonyl (C=O) groups is 2. The lowest BCUT2D eigenvalue weighted by Crippen LogP contribution is -2.52. The average molecular weight is 274 g/mol. The molecule has 0 spiro atoms. The molecule has 0 aromatic heterocycles. The maximum atomic E-state index is 12.8. The SMILES string of the molecule is CCCN1C(=O)C(C(C)(C)C)NC(=O)c2ccccc21. The smallest absolute Gasteiger partial charge is 0.254 e. The molecule has 0 saturated carbocycles. The second-order valence-corrected chi connectivity index (χ2v) is 6.28. The first-order chi connectivity index (χ1) is 9.36. The molecule has 1 atom stereocenters. The Balaban J connectivity index is 2.53. The number of nitrogens with one attached hydrogen (secondary N) is 1. The molecule has 4 nitrogen and oxygen atoms in total. The van der Waals surface area contributed by atoms with Crippen LogP contribution in [0.1, 0.15) is 44.5 Å². The first kappa shape index (κ1) is 14.6. The van der Waals surface area contributed by atoms with E-state index < -0.39 is 6.04 Å². The highest BCUT2D eigenvalue weighted by atomic mass is 16.2. The Morgan fingerprint density at radius 3 is 2.45 bits per heavy atom. The molecule has 4 heteroatoms. The summed E-state index contributed by atoms with van der Waals surface area (Å²) in [5, 5.41) is 2.88. The van der Waals surface area contributed by atoms with Crippen LogP contribution in [0.15, 0.2) is 24.3 Å². The number of amides is 2. The van der Waals surface area contributed by atoms with Gasteiger partial charge in [-0.05, 0) is 24.0 Å². The van der Waals surface area contributed by atoms with Gasteiger partial charge in [0.15, 0.2) is 0 Å². The zero-order valence-corrected chi connectivity index (χ0v) is 12.6. The minimum atomic E-state index is -0.506. The van der Waals surface area contributed by atoms with Crippen LogP contribution in [0.3, 0.4) is 0 Å². The van der Waals surface area contributed by atoms with Gasteiger partial charge in [-0.3, -0.25) is 9.59 Å². The van der Waals surface area contributed by atoms with E-state index in [-0.39, 0.29) is 17.2 Å². The fraction of sp³-hybridized carbons (Fsp3) is 0.500. The van der Waals surface area contributed by atoms with E-state index in [1.54, 1.807) is 11.0 Å². The number of benzene rings is 1. The summed E-state index contributed by atoms with van der Waals surface area (Å²) in [6.45, 7) is 8.56. The average Bonchev–Trinajstić information content (AvgIpc) is 2.49. The number of hydrogen-bond acceptors (Lipinski definition) is 2. The molecular formula is C16H22N2O2. The van der Waals surface area contributed by atoms with Gasteiger partial charge in [0.05, 0.1) is 11.3 Å². The third-order valence-corrected chi connectivity index (χ3v) is 3.54. The summed E-state index contributed by atoms with van der Waals surface area (Å²) in [5.74, 6) is -0.204. The van der Waals surface area contributed by atoms with E-state index in [1.165, 1.54) is 0 Å². The fourth-order valence-electron chi connectivity index (χ4n) is 2.49. The second kappa shape index (κ2) is 5.27. The monoisotopic (exact) mass is 274 g/mol. The summed E-state index contributed by atoms with van der Waals surface area (Å²) in [6, 6.07) is 6.79. The Hall–Kier alpha value is -1.84. The molecule has 0 aliphatic carbocycles. The Morgan fingerprint density at radius 2 is 1.85 bits per heavy atom. The Labute approximate surface area is 120 Å². The topological polar surface area (TPSA) is 49.4 Å². The van der Waals surface area contributed by atoms with Gasteiger partial charge in [-0.1, -0.05) is 39.8 Å². The Morgan fingerprint density at radius 1 is 1.20 bits per heavy atom. The van der Waals surface area contributed by atoms with Gasteiger partial charge in [-0.2, -0.15) is 0 Å². The van der Waals surface area contributed by atoms with Crippen molar-refractivity contribution in [3.63, 3.8) is 0 Å². The standard InChI is InChI=1S/C16H22N2O2/c1-5-10-18-12-9-7-6-8-11(12)14(19)17-13(15(18)20)16(2,3)4/h6-9,13H,5,10H2,1-4H3,(H,17,19). The van der Waals surface area contributed by atoms with Crippen molar-refractivity contribution in [1.82, 2.24) is 5.32 Å². The molecule has 0 radical (unpaired) electrons. The normalized spacial score (nSPS) is 19.4. The highest BCUT2D eigenvalue weighted by molar-refractivity contribution is 6.11. The second-order valence-electron chi connectivity index (χ2n) is 6.28. The third kappa shape index (κ3) is 2.55. The molecule has 1 aromatic carbocycles. The van der Waals surface area contributed by atoms with Crippen molar-refractivity contribution in [2.45, 2.75) is 40.2 Å². The summed E-state index contributed by atoms with van der Waals surface area (Å²) in [5.41, 5.74) is 0.963. The van der Waals surface area contributed by atoms with Crippen LogP contribution >= 0.6 is 0 Å². The van der Waals surface area contributed by atoms with Crippen molar-refractivity contribution in [2.75, 3.05) is 11.4 Å². The van der Waals surface area contributed by atoms with E-state index >= 15 is 0 Å². The Bertz CT molecular complexity index is 532. The molecule has 1 aromatic rings. The minimum Gasteiger partial charge on any atom is -0.340 e. The third-order valence-electron chi connectivity index (χ3n) is 3.54. The van der Waals surface area contributed by atoms with Crippen LogP contribution in [-0.4, -0.2) is 24.4 Å². The fourth-order valence-corrected chi connectivity index (χ4v) is 2.49. The number of fused-ring (bicyclic) bond motifs is 1. The van der Waals surface area contributed by atoms with Crippen LogP contribution in [0.2, 0.25) is 0 Å². The summed E-state index contributed by atoms with van der Waals surface area (Å²) in [7, 11) is 0. The van der Waals surface area contributed by atoms with E-state index in [9.17, 15) is 9.59 Å². The molecule has 1 unspecified atom stereocenters. The molecule has 1 N–H and O–H groups in total. The van der Waals surface area contributed by atoms with Crippen LogP contribution in [0.4, 0.5) is 5.69 Å². The van der Waals surface area contributed by atoms with E-state index in [1.807, 2.05) is 45.9 Å².